The van der Waals surface area contributed by atoms with E-state index in [-0.39, 0.29) is 5.84 Å². The Kier molecular flexibility index (Phi) is 7.47. The van der Waals surface area contributed by atoms with E-state index in [1.165, 1.54) is 5.57 Å². The number of amidine groups is 2. The molecule has 0 aliphatic carbocycles. The van der Waals surface area contributed by atoms with E-state index in [4.69, 9.17) is 21.0 Å². The second-order valence-electron chi connectivity index (χ2n) is 8.02. The molecule has 7 nitrogen and oxygen atoms in total. The predicted molar refractivity (Wildman–Crippen MR) is 143 cm³/mol. The number of allylic oxidation sites excluding steroid dienone is 2. The van der Waals surface area contributed by atoms with Crippen molar-refractivity contribution in [2.45, 2.75) is 19.8 Å². The van der Waals surface area contributed by atoms with Crippen LogP contribution in [0.1, 0.15) is 30.9 Å². The number of hydrogen-bond donors (Lipinski definition) is 3. The van der Waals surface area contributed by atoms with Gasteiger partial charge in [0, 0.05) is 17.7 Å². The van der Waals surface area contributed by atoms with E-state index >= 15 is 0 Å². The summed E-state index contributed by atoms with van der Waals surface area (Å²) in [5, 5.41) is 18.6. The largest absolute Gasteiger partial charge is 0.496 e. The monoisotopic (exact) mass is 464 g/mol. The van der Waals surface area contributed by atoms with Gasteiger partial charge in [-0.15, -0.1) is 5.11 Å². The van der Waals surface area contributed by atoms with Crippen LogP contribution in [-0.4, -0.2) is 18.8 Å². The second kappa shape index (κ2) is 11.1. The molecule has 176 valence electrons. The van der Waals surface area contributed by atoms with Crippen LogP contribution in [0, 0.1) is 5.41 Å². The minimum atomic E-state index is -0.0785. The second-order valence-corrected chi connectivity index (χ2v) is 8.02. The topological polar surface area (TPSA) is 108 Å². The SMILES string of the molecule is CCC1=CC=C(c2ccc(OC)c(C(=N)N=NN)c2)N=C(Nc2cccc(-c3ccccc3)c2)C1. The Morgan fingerprint density at radius 3 is 2.54 bits per heavy atom. The molecular weight excluding hydrogens is 436 g/mol. The Morgan fingerprint density at radius 2 is 1.80 bits per heavy atom. The van der Waals surface area contributed by atoms with Crippen molar-refractivity contribution in [3.8, 4) is 16.9 Å². The van der Waals surface area contributed by atoms with Crippen LogP contribution in [0.15, 0.2) is 106 Å². The minimum absolute atomic E-state index is 0.0785. The highest BCUT2D eigenvalue weighted by molar-refractivity contribution is 6.02. The highest BCUT2D eigenvalue weighted by Crippen LogP contribution is 2.29. The third kappa shape index (κ3) is 5.70. The van der Waals surface area contributed by atoms with E-state index in [0.717, 1.165) is 40.3 Å². The molecule has 0 saturated heterocycles. The molecule has 4 N–H and O–H groups in total. The van der Waals surface area contributed by atoms with Crippen molar-refractivity contribution in [2.24, 2.45) is 21.2 Å². The van der Waals surface area contributed by atoms with Crippen molar-refractivity contribution < 1.29 is 4.74 Å². The first-order chi connectivity index (χ1) is 17.1. The molecule has 4 rings (SSSR count). The molecule has 1 aliphatic heterocycles. The first kappa shape index (κ1) is 23.6. The van der Waals surface area contributed by atoms with Gasteiger partial charge in [0.25, 0.3) is 0 Å². The van der Waals surface area contributed by atoms with Crippen LogP contribution in [0.3, 0.4) is 0 Å². The Balaban J connectivity index is 1.69. The lowest BCUT2D eigenvalue weighted by Gasteiger charge is -2.13. The molecule has 0 bridgehead atoms. The Morgan fingerprint density at radius 1 is 1.00 bits per heavy atom. The lowest BCUT2D eigenvalue weighted by molar-refractivity contribution is 0.414. The van der Waals surface area contributed by atoms with Crippen molar-refractivity contribution in [3.05, 3.63) is 102 Å². The molecule has 7 heteroatoms. The number of nitrogens with two attached hydrogens (primary N) is 1. The van der Waals surface area contributed by atoms with Gasteiger partial charge >= 0.3 is 0 Å². The number of hydrogen-bond acceptors (Lipinski definition) is 5. The highest BCUT2D eigenvalue weighted by atomic mass is 16.5. The summed E-state index contributed by atoms with van der Waals surface area (Å²) in [6, 6.07) is 24.2. The van der Waals surface area contributed by atoms with Crippen LogP contribution < -0.4 is 15.9 Å². The van der Waals surface area contributed by atoms with E-state index < -0.39 is 0 Å². The summed E-state index contributed by atoms with van der Waals surface area (Å²) in [7, 11) is 1.55. The summed E-state index contributed by atoms with van der Waals surface area (Å²) in [4.78, 5) is 4.97. The van der Waals surface area contributed by atoms with Gasteiger partial charge in [0.2, 0.25) is 0 Å². The summed E-state index contributed by atoms with van der Waals surface area (Å²) in [6.07, 6.45) is 5.76. The zero-order valence-electron chi connectivity index (χ0n) is 19.8. The molecule has 1 aliphatic rings. The molecule has 0 radical (unpaired) electrons. The molecule has 0 amide bonds. The van der Waals surface area contributed by atoms with Gasteiger partial charge < -0.3 is 15.9 Å². The van der Waals surface area contributed by atoms with E-state index in [9.17, 15) is 0 Å². The quantitative estimate of drug-likeness (QED) is 0.126. The lowest BCUT2D eigenvalue weighted by Crippen LogP contribution is -2.13. The third-order valence-electron chi connectivity index (χ3n) is 5.75. The Labute approximate surface area is 205 Å². The first-order valence-corrected chi connectivity index (χ1v) is 11.4. The summed E-state index contributed by atoms with van der Waals surface area (Å²) in [6.45, 7) is 2.14. The van der Waals surface area contributed by atoms with Crippen molar-refractivity contribution in [1.82, 2.24) is 0 Å². The number of aliphatic imine (C=N–C) groups is 1. The van der Waals surface area contributed by atoms with Crippen LogP contribution in [0.25, 0.3) is 16.8 Å². The zero-order valence-corrected chi connectivity index (χ0v) is 19.8. The Bertz CT molecular complexity index is 1340. The number of ether oxygens (including phenoxy) is 1. The van der Waals surface area contributed by atoms with Crippen molar-refractivity contribution in [1.29, 1.82) is 5.41 Å². The molecule has 3 aromatic carbocycles. The molecule has 0 aromatic heterocycles. The van der Waals surface area contributed by atoms with Crippen molar-refractivity contribution in [2.75, 3.05) is 12.4 Å². The molecule has 0 atom stereocenters. The maximum atomic E-state index is 8.17. The van der Waals surface area contributed by atoms with E-state index in [2.05, 4.69) is 52.9 Å². The van der Waals surface area contributed by atoms with Crippen LogP contribution in [-0.2, 0) is 0 Å². The zero-order chi connectivity index (χ0) is 24.6. The summed E-state index contributed by atoms with van der Waals surface area (Å²) >= 11 is 0. The van der Waals surface area contributed by atoms with Crippen molar-refractivity contribution in [3.63, 3.8) is 0 Å². The molecule has 0 saturated carbocycles. The first-order valence-electron chi connectivity index (χ1n) is 11.4. The standard InChI is InChI=1S/C28H28N6O/c1-3-19-12-14-25(22-13-15-26(35-2)24(18-22)28(29)33-34-30)32-27(16-19)31-23-11-7-10-21(17-23)20-8-5-4-6-9-20/h4-15,17-18H,3,16H2,1-2H3,(H,31,32)(H3,29,30,33). The number of nitrogens with one attached hydrogen (secondary N) is 2. The number of anilines is 1. The third-order valence-corrected chi connectivity index (χ3v) is 5.75. The average molecular weight is 465 g/mol. The molecule has 0 spiro atoms. The van der Waals surface area contributed by atoms with Crippen LogP contribution in [0.5, 0.6) is 5.75 Å². The molecule has 0 unspecified atom stereocenters. The maximum Gasteiger partial charge on any atom is 0.179 e. The van der Waals surface area contributed by atoms with E-state index in [0.29, 0.717) is 17.7 Å². The van der Waals surface area contributed by atoms with Gasteiger partial charge in [0.1, 0.15) is 11.6 Å². The average Bonchev–Trinajstić information content (AvgIpc) is 3.11. The van der Waals surface area contributed by atoms with Crippen LogP contribution in [0.2, 0.25) is 0 Å². The summed E-state index contributed by atoms with van der Waals surface area (Å²) in [5.41, 5.74) is 6.64. The van der Waals surface area contributed by atoms with E-state index in [1.54, 1.807) is 13.2 Å². The molecular formula is C28H28N6O. The summed E-state index contributed by atoms with van der Waals surface area (Å²) < 4.78 is 5.40. The molecule has 35 heavy (non-hydrogen) atoms. The smallest absolute Gasteiger partial charge is 0.179 e. The number of methoxy groups -OCH3 is 1. The van der Waals surface area contributed by atoms with Gasteiger partial charge in [0.15, 0.2) is 5.84 Å². The minimum Gasteiger partial charge on any atom is -0.496 e. The number of rotatable bonds is 6. The normalized spacial score (nSPS) is 13.5. The van der Waals surface area contributed by atoms with Gasteiger partial charge in [-0.3, -0.25) is 5.41 Å². The molecule has 3 aromatic rings. The fraction of sp³-hybridized carbons (Fsp3) is 0.143. The number of nitrogens with zero attached hydrogens (tertiary/aromatic N) is 3. The van der Waals surface area contributed by atoms with Gasteiger partial charge in [-0.1, -0.05) is 66.3 Å². The van der Waals surface area contributed by atoms with Crippen LogP contribution >= 0.6 is 0 Å². The van der Waals surface area contributed by atoms with Crippen LogP contribution in [0.4, 0.5) is 5.69 Å². The van der Waals surface area contributed by atoms with Gasteiger partial charge in [-0.05, 0) is 54.0 Å². The van der Waals surface area contributed by atoms with Crippen molar-refractivity contribution >= 4 is 23.1 Å². The predicted octanol–water partition coefficient (Wildman–Crippen LogP) is 6.61. The molecule has 1 heterocycles. The number of benzene rings is 3. The molecule has 0 fully saturated rings. The Hall–Kier alpha value is -4.52. The summed E-state index contributed by atoms with van der Waals surface area (Å²) in [5.74, 6) is 6.45. The van der Waals surface area contributed by atoms with Gasteiger partial charge in [0.05, 0.1) is 18.4 Å². The fourth-order valence-corrected chi connectivity index (χ4v) is 3.91. The van der Waals surface area contributed by atoms with Gasteiger partial charge in [-0.2, -0.15) is 0 Å². The van der Waals surface area contributed by atoms with E-state index in [1.807, 2.05) is 48.5 Å². The maximum absolute atomic E-state index is 8.17. The fourth-order valence-electron chi connectivity index (χ4n) is 3.91. The highest BCUT2D eigenvalue weighted by Gasteiger charge is 2.15. The lowest BCUT2D eigenvalue weighted by atomic mass is 10.0. The van der Waals surface area contributed by atoms with Gasteiger partial charge in [-0.25, -0.2) is 4.99 Å².